The van der Waals surface area contributed by atoms with E-state index in [2.05, 4.69) is 26.8 Å². The summed E-state index contributed by atoms with van der Waals surface area (Å²) in [6, 6.07) is 0. The van der Waals surface area contributed by atoms with Crippen LogP contribution in [0.2, 0.25) is 0 Å². The van der Waals surface area contributed by atoms with E-state index in [0.717, 1.165) is 24.4 Å². The van der Waals surface area contributed by atoms with Gasteiger partial charge in [0, 0.05) is 6.61 Å². The summed E-state index contributed by atoms with van der Waals surface area (Å²) >= 11 is 0. The van der Waals surface area contributed by atoms with Crippen molar-refractivity contribution in [2.24, 2.45) is 17.8 Å². The largest absolute Gasteiger partial charge is 0.378 e. The lowest BCUT2D eigenvalue weighted by Crippen LogP contribution is -2.32. The molecule has 3 atom stereocenters. The molecule has 0 radical (unpaired) electrons. The van der Waals surface area contributed by atoms with Crippen LogP contribution in [0.4, 0.5) is 0 Å². The zero-order chi connectivity index (χ0) is 10.8. The minimum absolute atomic E-state index is 0.487. The van der Waals surface area contributed by atoms with Crippen molar-refractivity contribution in [3.05, 3.63) is 11.6 Å². The van der Waals surface area contributed by atoms with Gasteiger partial charge in [-0.15, -0.1) is 0 Å². The van der Waals surface area contributed by atoms with Crippen molar-refractivity contribution >= 4 is 0 Å². The standard InChI is InChI=1S/C14H24O/c1-4-11-8-13(12-6-7-12)10(3)14(9-11)15-5-2/h8,10,12-14H,4-7,9H2,1-3H3/t10-,13-,14+/m0/s1. The molecule has 15 heavy (non-hydrogen) atoms. The first-order chi connectivity index (χ1) is 7.26. The van der Waals surface area contributed by atoms with E-state index in [0.29, 0.717) is 6.10 Å². The topological polar surface area (TPSA) is 9.23 Å². The normalized spacial score (nSPS) is 36.5. The third-order valence-corrected chi connectivity index (χ3v) is 4.09. The van der Waals surface area contributed by atoms with Crippen LogP contribution in [-0.2, 0) is 4.74 Å². The second-order valence-electron chi connectivity index (χ2n) is 5.15. The molecule has 1 saturated carbocycles. The van der Waals surface area contributed by atoms with Crippen LogP contribution < -0.4 is 0 Å². The summed E-state index contributed by atoms with van der Waals surface area (Å²) in [7, 11) is 0. The van der Waals surface area contributed by atoms with Crippen molar-refractivity contribution in [3.8, 4) is 0 Å². The van der Waals surface area contributed by atoms with Gasteiger partial charge in [-0.05, 0) is 50.4 Å². The van der Waals surface area contributed by atoms with E-state index in [1.165, 1.54) is 25.7 Å². The van der Waals surface area contributed by atoms with Crippen LogP contribution in [0.5, 0.6) is 0 Å². The smallest absolute Gasteiger partial charge is 0.0643 e. The summed E-state index contributed by atoms with van der Waals surface area (Å²) in [4.78, 5) is 0. The molecule has 0 amide bonds. The van der Waals surface area contributed by atoms with Gasteiger partial charge in [0.05, 0.1) is 6.10 Å². The first-order valence-corrected chi connectivity index (χ1v) is 6.57. The van der Waals surface area contributed by atoms with E-state index in [4.69, 9.17) is 4.74 Å². The van der Waals surface area contributed by atoms with Crippen LogP contribution in [0.1, 0.15) is 46.5 Å². The van der Waals surface area contributed by atoms with Crippen LogP contribution in [0.25, 0.3) is 0 Å². The molecule has 0 bridgehead atoms. The monoisotopic (exact) mass is 208 g/mol. The Morgan fingerprint density at radius 2 is 2.07 bits per heavy atom. The van der Waals surface area contributed by atoms with E-state index in [1.54, 1.807) is 5.57 Å². The first-order valence-electron chi connectivity index (χ1n) is 6.57. The maximum absolute atomic E-state index is 5.89. The molecule has 0 aromatic carbocycles. The average molecular weight is 208 g/mol. The Hall–Kier alpha value is -0.300. The van der Waals surface area contributed by atoms with Crippen LogP contribution in [0.3, 0.4) is 0 Å². The molecule has 0 aliphatic heterocycles. The third-order valence-electron chi connectivity index (χ3n) is 4.09. The quantitative estimate of drug-likeness (QED) is 0.639. The minimum atomic E-state index is 0.487. The fourth-order valence-corrected chi connectivity index (χ4v) is 2.92. The summed E-state index contributed by atoms with van der Waals surface area (Å²) in [6.07, 6.45) is 8.33. The fraction of sp³-hybridized carbons (Fsp3) is 0.857. The van der Waals surface area contributed by atoms with Crippen molar-refractivity contribution in [1.29, 1.82) is 0 Å². The number of allylic oxidation sites excluding steroid dienone is 1. The van der Waals surface area contributed by atoms with Crippen LogP contribution in [-0.4, -0.2) is 12.7 Å². The lowest BCUT2D eigenvalue weighted by Gasteiger charge is -2.35. The molecule has 86 valence electrons. The molecule has 0 spiro atoms. The molecule has 0 N–H and O–H groups in total. The molecule has 0 unspecified atom stereocenters. The Bertz CT molecular complexity index is 240. The van der Waals surface area contributed by atoms with Gasteiger partial charge in [-0.1, -0.05) is 25.5 Å². The molecule has 2 aliphatic rings. The average Bonchev–Trinajstić information content (AvgIpc) is 3.05. The Morgan fingerprint density at radius 3 is 2.60 bits per heavy atom. The SMILES string of the molecule is CCO[C@@H]1CC(CC)=C[C@H](C2CC2)[C@@H]1C. The Balaban J connectivity index is 2.08. The van der Waals surface area contributed by atoms with Gasteiger partial charge >= 0.3 is 0 Å². The summed E-state index contributed by atoms with van der Waals surface area (Å²) in [5.41, 5.74) is 1.63. The Kier molecular flexibility index (Phi) is 3.50. The summed E-state index contributed by atoms with van der Waals surface area (Å²) < 4.78 is 5.89. The van der Waals surface area contributed by atoms with Crippen molar-refractivity contribution in [2.75, 3.05) is 6.61 Å². The molecule has 0 saturated heterocycles. The van der Waals surface area contributed by atoms with Crippen molar-refractivity contribution in [3.63, 3.8) is 0 Å². The van der Waals surface area contributed by atoms with Crippen LogP contribution >= 0.6 is 0 Å². The first kappa shape index (κ1) is 11.2. The summed E-state index contributed by atoms with van der Waals surface area (Å²) in [5.74, 6) is 2.52. The zero-order valence-electron chi connectivity index (χ0n) is 10.3. The van der Waals surface area contributed by atoms with Gasteiger partial charge in [0.1, 0.15) is 0 Å². The van der Waals surface area contributed by atoms with Gasteiger partial charge in [-0.3, -0.25) is 0 Å². The molecule has 0 heterocycles. The Morgan fingerprint density at radius 1 is 1.33 bits per heavy atom. The highest BCUT2D eigenvalue weighted by Gasteiger charge is 2.39. The van der Waals surface area contributed by atoms with E-state index < -0.39 is 0 Å². The molecular formula is C14H24O. The zero-order valence-corrected chi connectivity index (χ0v) is 10.3. The van der Waals surface area contributed by atoms with Crippen LogP contribution in [0, 0.1) is 17.8 Å². The summed E-state index contributed by atoms with van der Waals surface area (Å²) in [5, 5.41) is 0. The maximum Gasteiger partial charge on any atom is 0.0643 e. The second kappa shape index (κ2) is 4.69. The molecule has 1 nitrogen and oxygen atoms in total. The minimum Gasteiger partial charge on any atom is -0.378 e. The fourth-order valence-electron chi connectivity index (χ4n) is 2.92. The molecule has 1 fully saturated rings. The lowest BCUT2D eigenvalue weighted by atomic mass is 9.76. The van der Waals surface area contributed by atoms with Crippen molar-refractivity contribution in [2.45, 2.75) is 52.6 Å². The van der Waals surface area contributed by atoms with E-state index in [-0.39, 0.29) is 0 Å². The van der Waals surface area contributed by atoms with Gasteiger partial charge < -0.3 is 4.74 Å². The van der Waals surface area contributed by atoms with Crippen molar-refractivity contribution in [1.82, 2.24) is 0 Å². The van der Waals surface area contributed by atoms with E-state index in [9.17, 15) is 0 Å². The molecule has 2 rings (SSSR count). The maximum atomic E-state index is 5.89. The van der Waals surface area contributed by atoms with E-state index >= 15 is 0 Å². The lowest BCUT2D eigenvalue weighted by molar-refractivity contribution is 0.00341. The third kappa shape index (κ3) is 2.44. The summed E-state index contributed by atoms with van der Waals surface area (Å²) in [6.45, 7) is 7.63. The molecule has 2 aliphatic carbocycles. The number of ether oxygens (including phenoxy) is 1. The van der Waals surface area contributed by atoms with Gasteiger partial charge in [0.25, 0.3) is 0 Å². The second-order valence-corrected chi connectivity index (χ2v) is 5.15. The highest BCUT2D eigenvalue weighted by Crippen LogP contribution is 2.46. The van der Waals surface area contributed by atoms with Gasteiger partial charge in [-0.25, -0.2) is 0 Å². The molecular weight excluding hydrogens is 184 g/mol. The van der Waals surface area contributed by atoms with Gasteiger partial charge in [0.15, 0.2) is 0 Å². The molecule has 1 heteroatoms. The van der Waals surface area contributed by atoms with Crippen molar-refractivity contribution < 1.29 is 4.74 Å². The predicted molar refractivity (Wildman–Crippen MR) is 63.8 cm³/mol. The highest BCUT2D eigenvalue weighted by molar-refractivity contribution is 5.14. The number of hydrogen-bond acceptors (Lipinski definition) is 1. The predicted octanol–water partition coefficient (Wildman–Crippen LogP) is 3.79. The molecule has 0 aromatic heterocycles. The van der Waals surface area contributed by atoms with Gasteiger partial charge in [-0.2, -0.15) is 0 Å². The number of hydrogen-bond donors (Lipinski definition) is 0. The van der Waals surface area contributed by atoms with Gasteiger partial charge in [0.2, 0.25) is 0 Å². The number of rotatable bonds is 4. The molecule has 0 aromatic rings. The Labute approximate surface area is 93.9 Å². The highest BCUT2D eigenvalue weighted by atomic mass is 16.5. The van der Waals surface area contributed by atoms with E-state index in [1.807, 2.05) is 0 Å². The van der Waals surface area contributed by atoms with Crippen LogP contribution in [0.15, 0.2) is 11.6 Å².